The molecule has 3 nitrogen and oxygen atoms in total. The first-order valence-electron chi connectivity index (χ1n) is 5.59. The fourth-order valence-corrected chi connectivity index (χ4v) is 2.38. The summed E-state index contributed by atoms with van der Waals surface area (Å²) in [6.45, 7) is 0.560. The lowest BCUT2D eigenvalue weighted by Crippen LogP contribution is -2.09. The minimum atomic E-state index is 0.560. The minimum Gasteiger partial charge on any atom is -0.480 e. The molecule has 0 saturated carbocycles. The van der Waals surface area contributed by atoms with Crippen molar-refractivity contribution in [3.8, 4) is 11.3 Å². The molecule has 0 atom stereocenters. The molecular weight excluding hydrogens is 212 g/mol. The zero-order valence-corrected chi connectivity index (χ0v) is 9.13. The van der Waals surface area contributed by atoms with E-state index >= 15 is 0 Å². The van der Waals surface area contributed by atoms with Gasteiger partial charge in [0.15, 0.2) is 6.73 Å². The summed E-state index contributed by atoms with van der Waals surface area (Å²) in [5.74, 6) is 0. The number of hydrogen-bond acceptors (Lipinski definition) is 2. The van der Waals surface area contributed by atoms with Crippen LogP contribution in [0.1, 0.15) is 5.69 Å². The van der Waals surface area contributed by atoms with Crippen LogP contribution >= 0.6 is 0 Å². The highest BCUT2D eigenvalue weighted by Crippen LogP contribution is 2.34. The summed E-state index contributed by atoms with van der Waals surface area (Å²) in [7, 11) is 0. The first-order chi connectivity index (χ1) is 8.43. The molecule has 17 heavy (non-hydrogen) atoms. The van der Waals surface area contributed by atoms with Gasteiger partial charge in [0, 0.05) is 17.1 Å². The second kappa shape index (κ2) is 3.10. The van der Waals surface area contributed by atoms with Crippen molar-refractivity contribution in [2.24, 2.45) is 0 Å². The Hall–Kier alpha value is -2.29. The predicted octanol–water partition coefficient (Wildman–Crippen LogP) is 3.10. The maximum atomic E-state index is 5.27. The van der Waals surface area contributed by atoms with E-state index in [-0.39, 0.29) is 0 Å². The number of rotatable bonds is 0. The molecule has 0 aliphatic carbocycles. The quantitative estimate of drug-likeness (QED) is 0.584. The number of para-hydroxylation sites is 1. The van der Waals surface area contributed by atoms with Gasteiger partial charge in [-0.05, 0) is 18.2 Å². The van der Waals surface area contributed by atoms with Crippen molar-refractivity contribution in [2.75, 3.05) is 0 Å². The molecule has 0 N–H and O–H groups in total. The lowest BCUT2D eigenvalue weighted by molar-refractivity contribution is 0.169. The van der Waals surface area contributed by atoms with Gasteiger partial charge < -0.3 is 9.30 Å². The summed E-state index contributed by atoms with van der Waals surface area (Å²) in [6.07, 6.45) is 5.75. The van der Waals surface area contributed by atoms with E-state index in [0.29, 0.717) is 6.73 Å². The smallest absolute Gasteiger partial charge is 0.164 e. The van der Waals surface area contributed by atoms with E-state index < -0.39 is 0 Å². The van der Waals surface area contributed by atoms with Crippen LogP contribution in [0.2, 0.25) is 0 Å². The largest absolute Gasteiger partial charge is 0.480 e. The van der Waals surface area contributed by atoms with E-state index in [4.69, 9.17) is 9.72 Å². The Kier molecular flexibility index (Phi) is 1.61. The maximum absolute atomic E-state index is 5.27. The van der Waals surface area contributed by atoms with Gasteiger partial charge in [0.1, 0.15) is 0 Å². The monoisotopic (exact) mass is 222 g/mol. The van der Waals surface area contributed by atoms with Gasteiger partial charge in [-0.15, -0.1) is 0 Å². The number of nitrogens with zero attached hydrogens (tertiary/aromatic N) is 2. The third-order valence-corrected chi connectivity index (χ3v) is 3.19. The zero-order valence-electron chi connectivity index (χ0n) is 9.13. The third-order valence-electron chi connectivity index (χ3n) is 3.19. The van der Waals surface area contributed by atoms with Crippen molar-refractivity contribution in [1.82, 2.24) is 9.55 Å². The highest BCUT2D eigenvalue weighted by Gasteiger charge is 2.17. The molecule has 1 aromatic carbocycles. The van der Waals surface area contributed by atoms with Crippen molar-refractivity contribution in [1.29, 1.82) is 0 Å². The van der Waals surface area contributed by atoms with Crippen LogP contribution in [0, 0.1) is 0 Å². The van der Waals surface area contributed by atoms with Gasteiger partial charge in [-0.2, -0.15) is 0 Å². The van der Waals surface area contributed by atoms with Crippen LogP contribution in [0.5, 0.6) is 0 Å². The summed E-state index contributed by atoms with van der Waals surface area (Å²) < 4.78 is 7.34. The Bertz CT molecular complexity index is 712. The number of pyridine rings is 1. The summed E-state index contributed by atoms with van der Waals surface area (Å²) in [5, 5.41) is 1.21. The van der Waals surface area contributed by atoms with Gasteiger partial charge in [-0.25, -0.2) is 4.98 Å². The summed E-state index contributed by atoms with van der Waals surface area (Å²) >= 11 is 0. The Labute approximate surface area is 98.3 Å². The van der Waals surface area contributed by atoms with Crippen molar-refractivity contribution < 1.29 is 4.74 Å². The number of aromatic nitrogens is 2. The highest BCUT2D eigenvalue weighted by atomic mass is 16.5. The van der Waals surface area contributed by atoms with Crippen LogP contribution in [0.25, 0.3) is 28.2 Å². The number of fused-ring (bicyclic) bond motifs is 5. The molecule has 0 saturated heterocycles. The SMILES string of the molecule is C1=Cc2c3nc4ccccc4c-3ccn2CO1. The fourth-order valence-electron chi connectivity index (χ4n) is 2.38. The van der Waals surface area contributed by atoms with Crippen LogP contribution in [-0.2, 0) is 11.5 Å². The van der Waals surface area contributed by atoms with E-state index in [1.165, 1.54) is 10.9 Å². The Morgan fingerprint density at radius 1 is 1.18 bits per heavy atom. The standard InChI is InChI=1S/C14H10N2O/c1-2-4-12-10(3-1)11-5-7-16-9-17-8-6-13(16)14(11)15-12/h1-8H,9H2. The molecule has 0 amide bonds. The second-order valence-electron chi connectivity index (χ2n) is 4.16. The Morgan fingerprint density at radius 3 is 3.12 bits per heavy atom. The van der Waals surface area contributed by atoms with Crippen LogP contribution < -0.4 is 0 Å². The van der Waals surface area contributed by atoms with Crippen molar-refractivity contribution in [2.45, 2.75) is 6.73 Å². The van der Waals surface area contributed by atoms with Gasteiger partial charge in [0.05, 0.1) is 23.2 Å². The third kappa shape index (κ3) is 1.13. The van der Waals surface area contributed by atoms with Gasteiger partial charge in [0.2, 0.25) is 0 Å². The van der Waals surface area contributed by atoms with E-state index in [2.05, 4.69) is 35.0 Å². The topological polar surface area (TPSA) is 27.1 Å². The van der Waals surface area contributed by atoms with E-state index in [1.807, 2.05) is 12.1 Å². The van der Waals surface area contributed by atoms with Gasteiger partial charge in [0.25, 0.3) is 0 Å². The minimum absolute atomic E-state index is 0.560. The molecule has 0 radical (unpaired) electrons. The van der Waals surface area contributed by atoms with E-state index in [1.54, 1.807) is 6.26 Å². The summed E-state index contributed by atoms with van der Waals surface area (Å²) in [4.78, 5) is 4.70. The Morgan fingerprint density at radius 2 is 2.12 bits per heavy atom. The molecule has 3 heterocycles. The molecule has 0 spiro atoms. The molecule has 82 valence electrons. The molecule has 3 aliphatic heterocycles. The van der Waals surface area contributed by atoms with E-state index in [9.17, 15) is 0 Å². The van der Waals surface area contributed by atoms with Crippen molar-refractivity contribution in [3.63, 3.8) is 0 Å². The highest BCUT2D eigenvalue weighted by molar-refractivity contribution is 5.99. The summed E-state index contributed by atoms with van der Waals surface area (Å²) in [5.41, 5.74) is 4.42. The normalized spacial score (nSPS) is 13.9. The second-order valence-corrected chi connectivity index (χ2v) is 4.16. The molecule has 0 unspecified atom stereocenters. The fraction of sp³-hybridized carbons (Fsp3) is 0.0714. The van der Waals surface area contributed by atoms with Gasteiger partial charge >= 0.3 is 0 Å². The van der Waals surface area contributed by atoms with Crippen molar-refractivity contribution in [3.05, 3.63) is 48.5 Å². The lowest BCUT2D eigenvalue weighted by atomic mass is 10.1. The Balaban J connectivity index is 2.16. The molecule has 4 rings (SSSR count). The van der Waals surface area contributed by atoms with Gasteiger partial charge in [-0.3, -0.25) is 0 Å². The molecule has 3 aliphatic rings. The zero-order chi connectivity index (χ0) is 11.2. The molecule has 0 fully saturated rings. The molecule has 3 heteroatoms. The average molecular weight is 222 g/mol. The number of ether oxygens (including phenoxy) is 1. The average Bonchev–Trinajstić information content (AvgIpc) is 2.78. The predicted molar refractivity (Wildman–Crippen MR) is 66.5 cm³/mol. The molecule has 0 aromatic heterocycles. The van der Waals surface area contributed by atoms with Crippen LogP contribution in [0.15, 0.2) is 42.8 Å². The van der Waals surface area contributed by atoms with Crippen LogP contribution in [-0.4, -0.2) is 9.55 Å². The van der Waals surface area contributed by atoms with Crippen LogP contribution in [0.4, 0.5) is 0 Å². The number of benzene rings is 1. The first-order valence-corrected chi connectivity index (χ1v) is 5.59. The molecular formula is C14H10N2O. The van der Waals surface area contributed by atoms with Crippen LogP contribution in [0.3, 0.4) is 0 Å². The molecule has 1 aromatic rings. The molecule has 0 bridgehead atoms. The van der Waals surface area contributed by atoms with Crippen molar-refractivity contribution >= 4 is 17.0 Å². The maximum Gasteiger partial charge on any atom is 0.164 e. The number of hydrogen-bond donors (Lipinski definition) is 0. The summed E-state index contributed by atoms with van der Waals surface area (Å²) in [6, 6.07) is 10.3. The lowest BCUT2D eigenvalue weighted by Gasteiger charge is -2.17. The first kappa shape index (κ1) is 8.82. The van der Waals surface area contributed by atoms with Gasteiger partial charge in [-0.1, -0.05) is 18.2 Å². The van der Waals surface area contributed by atoms with E-state index in [0.717, 1.165) is 16.9 Å².